The van der Waals surface area contributed by atoms with Crippen LogP contribution in [0.3, 0.4) is 0 Å². The number of hydrogen-bond acceptors (Lipinski definition) is 2. The van der Waals surface area contributed by atoms with Crippen LogP contribution in [-0.2, 0) is 0 Å². The Morgan fingerprint density at radius 2 is 1.89 bits per heavy atom. The first-order valence-electron chi connectivity index (χ1n) is 6.41. The molecule has 96 valence electrons. The lowest BCUT2D eigenvalue weighted by atomic mass is 9.95. The van der Waals surface area contributed by atoms with Gasteiger partial charge in [-0.05, 0) is 23.4 Å². The van der Waals surface area contributed by atoms with Gasteiger partial charge in [-0.1, -0.05) is 50.1 Å². The highest BCUT2D eigenvalue weighted by Crippen LogP contribution is 2.28. The summed E-state index contributed by atoms with van der Waals surface area (Å²) in [7, 11) is 0. The third-order valence-electron chi connectivity index (χ3n) is 3.33. The van der Waals surface area contributed by atoms with Crippen LogP contribution in [0.15, 0.2) is 36.4 Å². The Morgan fingerprint density at radius 1 is 1.17 bits per heavy atom. The van der Waals surface area contributed by atoms with Gasteiger partial charge in [0.05, 0.1) is 0 Å². The molecule has 0 aliphatic rings. The fourth-order valence-electron chi connectivity index (χ4n) is 2.33. The number of halogens is 1. The van der Waals surface area contributed by atoms with Gasteiger partial charge in [0.15, 0.2) is 0 Å². The number of hydrazine groups is 1. The third-order valence-corrected chi connectivity index (χ3v) is 3.33. The lowest BCUT2D eigenvalue weighted by Crippen LogP contribution is -2.28. The molecule has 3 heteroatoms. The molecule has 2 aromatic carbocycles. The number of fused-ring (bicyclic) bond motifs is 1. The summed E-state index contributed by atoms with van der Waals surface area (Å²) < 4.78 is 13.7. The molecule has 0 heterocycles. The van der Waals surface area contributed by atoms with Crippen molar-refractivity contribution < 1.29 is 4.39 Å². The summed E-state index contributed by atoms with van der Waals surface area (Å²) in [4.78, 5) is 0. The Bertz CT molecular complexity index is 525. The maximum absolute atomic E-state index is 13.7. The van der Waals surface area contributed by atoms with E-state index in [1.165, 1.54) is 6.07 Å². The van der Waals surface area contributed by atoms with E-state index in [0.717, 1.165) is 30.2 Å². The third kappa shape index (κ3) is 2.52. The van der Waals surface area contributed by atoms with Crippen molar-refractivity contribution in [3.05, 3.63) is 47.8 Å². The topological polar surface area (TPSA) is 38.0 Å². The van der Waals surface area contributed by atoms with Crippen LogP contribution in [0.1, 0.15) is 37.8 Å². The van der Waals surface area contributed by atoms with Gasteiger partial charge in [-0.3, -0.25) is 11.3 Å². The molecule has 3 N–H and O–H groups in total. The number of nitrogens with one attached hydrogen (secondary N) is 1. The highest BCUT2D eigenvalue weighted by Gasteiger charge is 2.13. The molecule has 0 aliphatic carbocycles. The fourth-order valence-corrected chi connectivity index (χ4v) is 2.33. The average Bonchev–Trinajstić information content (AvgIpc) is 2.42. The van der Waals surface area contributed by atoms with Crippen molar-refractivity contribution in [2.24, 2.45) is 5.84 Å². The van der Waals surface area contributed by atoms with E-state index in [1.54, 1.807) is 0 Å². The van der Waals surface area contributed by atoms with Crippen molar-refractivity contribution in [1.82, 2.24) is 5.43 Å². The van der Waals surface area contributed by atoms with Crippen LogP contribution >= 0.6 is 0 Å². The minimum Gasteiger partial charge on any atom is -0.271 e. The molecular formula is C15H19FN2. The first kappa shape index (κ1) is 13.0. The maximum Gasteiger partial charge on any atom is 0.131 e. The number of benzene rings is 2. The van der Waals surface area contributed by atoms with Gasteiger partial charge in [0.25, 0.3) is 0 Å². The van der Waals surface area contributed by atoms with Crippen molar-refractivity contribution in [3.63, 3.8) is 0 Å². The molecular weight excluding hydrogens is 227 g/mol. The van der Waals surface area contributed by atoms with Crippen molar-refractivity contribution in [1.29, 1.82) is 0 Å². The van der Waals surface area contributed by atoms with Gasteiger partial charge in [-0.25, -0.2) is 4.39 Å². The zero-order valence-corrected chi connectivity index (χ0v) is 10.6. The predicted octanol–water partition coefficient (Wildman–Crippen LogP) is 3.67. The van der Waals surface area contributed by atoms with Gasteiger partial charge in [-0.2, -0.15) is 0 Å². The molecule has 2 rings (SSSR count). The van der Waals surface area contributed by atoms with Gasteiger partial charge in [0.1, 0.15) is 5.82 Å². The number of unbranched alkanes of at least 4 members (excludes halogenated alkanes) is 1. The fraction of sp³-hybridized carbons (Fsp3) is 0.333. The Hall–Kier alpha value is -1.45. The molecule has 0 bridgehead atoms. The van der Waals surface area contributed by atoms with Gasteiger partial charge in [0.2, 0.25) is 0 Å². The van der Waals surface area contributed by atoms with Crippen molar-refractivity contribution in [2.75, 3.05) is 0 Å². The lowest BCUT2D eigenvalue weighted by Gasteiger charge is -2.18. The Kier molecular flexibility index (Phi) is 4.28. The number of hydrogen-bond donors (Lipinski definition) is 2. The first-order valence-corrected chi connectivity index (χ1v) is 6.41. The minimum atomic E-state index is -0.180. The number of nitrogens with two attached hydrogens (primary N) is 1. The van der Waals surface area contributed by atoms with Crippen molar-refractivity contribution >= 4 is 10.8 Å². The van der Waals surface area contributed by atoms with Crippen LogP contribution < -0.4 is 11.3 Å². The van der Waals surface area contributed by atoms with E-state index >= 15 is 0 Å². The van der Waals surface area contributed by atoms with Crippen LogP contribution in [0.5, 0.6) is 0 Å². The normalized spacial score (nSPS) is 12.8. The van der Waals surface area contributed by atoms with Gasteiger partial charge in [-0.15, -0.1) is 0 Å². The van der Waals surface area contributed by atoms with E-state index in [-0.39, 0.29) is 11.9 Å². The van der Waals surface area contributed by atoms with Gasteiger partial charge in [0, 0.05) is 11.4 Å². The SMILES string of the molecule is CCCCC(NN)c1ccc(F)c2ccccc12. The monoisotopic (exact) mass is 246 g/mol. The summed E-state index contributed by atoms with van der Waals surface area (Å²) in [5.41, 5.74) is 3.91. The van der Waals surface area contributed by atoms with Crippen LogP contribution in [0.25, 0.3) is 10.8 Å². The van der Waals surface area contributed by atoms with Crippen molar-refractivity contribution in [3.8, 4) is 0 Å². The molecule has 1 atom stereocenters. The van der Waals surface area contributed by atoms with Crippen LogP contribution in [0.4, 0.5) is 4.39 Å². The first-order chi connectivity index (χ1) is 8.77. The van der Waals surface area contributed by atoms with Gasteiger partial charge < -0.3 is 0 Å². The zero-order chi connectivity index (χ0) is 13.0. The summed E-state index contributed by atoms with van der Waals surface area (Å²) in [5.74, 6) is 5.45. The molecule has 1 unspecified atom stereocenters. The maximum atomic E-state index is 13.7. The molecule has 0 fully saturated rings. The second-order valence-electron chi connectivity index (χ2n) is 4.54. The molecule has 2 aromatic rings. The van der Waals surface area contributed by atoms with Gasteiger partial charge >= 0.3 is 0 Å². The molecule has 18 heavy (non-hydrogen) atoms. The summed E-state index contributed by atoms with van der Waals surface area (Å²) >= 11 is 0. The molecule has 0 radical (unpaired) electrons. The van der Waals surface area contributed by atoms with E-state index in [2.05, 4.69) is 12.3 Å². The standard InChI is InChI=1S/C15H19FN2/c1-2-3-8-15(18-17)13-9-10-14(16)12-7-5-4-6-11(12)13/h4-7,9-10,15,18H,2-3,8,17H2,1H3. The highest BCUT2D eigenvalue weighted by molar-refractivity contribution is 5.86. The van der Waals surface area contributed by atoms with E-state index < -0.39 is 0 Å². The highest BCUT2D eigenvalue weighted by atomic mass is 19.1. The molecule has 2 nitrogen and oxygen atoms in total. The smallest absolute Gasteiger partial charge is 0.131 e. The van der Waals surface area contributed by atoms with Crippen molar-refractivity contribution in [2.45, 2.75) is 32.2 Å². The summed E-state index contributed by atoms with van der Waals surface area (Å²) in [5, 5.41) is 1.60. The summed E-state index contributed by atoms with van der Waals surface area (Å²) in [6.45, 7) is 2.15. The van der Waals surface area contributed by atoms with E-state index in [4.69, 9.17) is 5.84 Å². The average molecular weight is 246 g/mol. The second kappa shape index (κ2) is 5.94. The molecule has 0 aliphatic heterocycles. The summed E-state index contributed by atoms with van der Waals surface area (Å²) in [6, 6.07) is 11.0. The Balaban J connectivity index is 2.46. The molecule has 0 saturated heterocycles. The molecule has 0 saturated carbocycles. The zero-order valence-electron chi connectivity index (χ0n) is 10.6. The molecule has 0 spiro atoms. The van der Waals surface area contributed by atoms with E-state index in [0.29, 0.717) is 5.39 Å². The van der Waals surface area contributed by atoms with Crippen LogP contribution in [-0.4, -0.2) is 0 Å². The lowest BCUT2D eigenvalue weighted by molar-refractivity contribution is 0.497. The quantitative estimate of drug-likeness (QED) is 0.624. The predicted molar refractivity (Wildman–Crippen MR) is 73.5 cm³/mol. The minimum absolute atomic E-state index is 0.0791. The molecule has 0 amide bonds. The Labute approximate surface area is 107 Å². The largest absolute Gasteiger partial charge is 0.271 e. The molecule has 0 aromatic heterocycles. The summed E-state index contributed by atoms with van der Waals surface area (Å²) in [6.07, 6.45) is 3.18. The Morgan fingerprint density at radius 3 is 2.56 bits per heavy atom. The van der Waals surface area contributed by atoms with E-state index in [1.807, 2.05) is 30.3 Å². The number of rotatable bonds is 5. The van der Waals surface area contributed by atoms with Crippen LogP contribution in [0.2, 0.25) is 0 Å². The van der Waals surface area contributed by atoms with Crippen LogP contribution in [0, 0.1) is 5.82 Å². The second-order valence-corrected chi connectivity index (χ2v) is 4.54. The van der Waals surface area contributed by atoms with E-state index in [9.17, 15) is 4.39 Å².